The molecule has 0 aromatic heterocycles. The van der Waals surface area contributed by atoms with Crippen LogP contribution in [0.25, 0.3) is 0 Å². The zero-order valence-corrected chi connectivity index (χ0v) is 20.0. The normalized spacial score (nSPS) is 12.7. The van der Waals surface area contributed by atoms with E-state index in [1.54, 1.807) is 12.2 Å². The Morgan fingerprint density at radius 3 is 2.50 bits per heavy atom. The number of aldehydes is 1. The minimum absolute atomic E-state index is 0.142. The first kappa shape index (κ1) is 29.4. The molecule has 32 heavy (non-hydrogen) atoms. The van der Waals surface area contributed by atoms with E-state index in [4.69, 9.17) is 4.74 Å². The summed E-state index contributed by atoms with van der Waals surface area (Å²) in [6, 6.07) is 0. The summed E-state index contributed by atoms with van der Waals surface area (Å²) in [5.41, 5.74) is 4.13. The van der Waals surface area contributed by atoms with E-state index in [-0.39, 0.29) is 29.5 Å². The largest absolute Gasteiger partial charge is 0.380 e. The van der Waals surface area contributed by atoms with Crippen LogP contribution < -0.4 is 5.32 Å². The quantitative estimate of drug-likeness (QED) is 0.0774. The molecule has 0 radical (unpaired) electrons. The van der Waals surface area contributed by atoms with E-state index in [1.807, 2.05) is 13.0 Å². The third kappa shape index (κ3) is 13.7. The van der Waals surface area contributed by atoms with Crippen LogP contribution >= 0.6 is 0 Å². The lowest BCUT2D eigenvalue weighted by Crippen LogP contribution is -2.19. The van der Waals surface area contributed by atoms with Crippen LogP contribution in [0, 0.1) is 5.92 Å². The molecule has 0 amide bonds. The molecule has 5 heteroatoms. The molecular weight excluding hydrogens is 402 g/mol. The number of ketones is 2. The molecule has 5 nitrogen and oxygen atoms in total. The topological polar surface area (TPSA) is 72.5 Å². The Hall–Kier alpha value is -2.59. The highest BCUT2D eigenvalue weighted by Gasteiger charge is 2.21. The van der Waals surface area contributed by atoms with Crippen molar-refractivity contribution in [2.24, 2.45) is 5.92 Å². The number of Topliss-reactive ketones (excluding diaryl/α,β-unsaturated/α-hetero) is 2. The van der Waals surface area contributed by atoms with Crippen molar-refractivity contribution in [2.75, 3.05) is 26.3 Å². The van der Waals surface area contributed by atoms with Crippen molar-refractivity contribution >= 4 is 17.9 Å². The summed E-state index contributed by atoms with van der Waals surface area (Å²) < 4.78 is 5.53. The van der Waals surface area contributed by atoms with E-state index < -0.39 is 0 Å². The Bertz CT molecular complexity index is 752. The van der Waals surface area contributed by atoms with Crippen molar-refractivity contribution in [3.05, 3.63) is 66.0 Å². The van der Waals surface area contributed by atoms with Gasteiger partial charge in [-0.15, -0.1) is 5.73 Å². The van der Waals surface area contributed by atoms with Crippen LogP contribution in [-0.2, 0) is 19.1 Å². The van der Waals surface area contributed by atoms with Gasteiger partial charge in [-0.2, -0.15) is 0 Å². The SMILES string of the molecule is C=C=C(C)C(CCC=O)CC(=O)/C(=C/C=C\CNCCOCC/C=C\CC)C(=C)C(C)=O. The van der Waals surface area contributed by atoms with Gasteiger partial charge in [0.1, 0.15) is 6.29 Å². The van der Waals surface area contributed by atoms with Gasteiger partial charge in [-0.3, -0.25) is 9.59 Å². The van der Waals surface area contributed by atoms with Gasteiger partial charge in [0.25, 0.3) is 0 Å². The number of hydrogen-bond acceptors (Lipinski definition) is 5. The number of ether oxygens (including phenoxy) is 1. The molecule has 0 rings (SSSR count). The fraction of sp³-hybridized carbons (Fsp3) is 0.481. The van der Waals surface area contributed by atoms with Gasteiger partial charge in [-0.05, 0) is 44.6 Å². The van der Waals surface area contributed by atoms with Gasteiger partial charge in [0.05, 0.1) is 13.2 Å². The van der Waals surface area contributed by atoms with Crippen molar-refractivity contribution in [1.29, 1.82) is 0 Å². The highest BCUT2D eigenvalue weighted by Crippen LogP contribution is 2.24. The van der Waals surface area contributed by atoms with Gasteiger partial charge in [0.15, 0.2) is 11.6 Å². The van der Waals surface area contributed by atoms with Gasteiger partial charge < -0.3 is 14.8 Å². The predicted octanol–water partition coefficient (Wildman–Crippen LogP) is 4.86. The number of hydrogen-bond donors (Lipinski definition) is 1. The number of allylic oxidation sites excluding steroid dienone is 6. The van der Waals surface area contributed by atoms with E-state index >= 15 is 0 Å². The lowest BCUT2D eigenvalue weighted by atomic mass is 9.87. The van der Waals surface area contributed by atoms with Crippen molar-refractivity contribution in [2.45, 2.75) is 52.9 Å². The van der Waals surface area contributed by atoms with Crippen LogP contribution in [0.1, 0.15) is 52.9 Å². The summed E-state index contributed by atoms with van der Waals surface area (Å²) in [6.07, 6.45) is 13.4. The second-order valence-electron chi connectivity index (χ2n) is 7.46. The molecule has 0 bridgehead atoms. The summed E-state index contributed by atoms with van der Waals surface area (Å²) >= 11 is 0. The highest BCUT2D eigenvalue weighted by atomic mass is 16.5. The standard InChI is InChI=1S/C27H39NO4/c1-6-8-9-12-19-32-20-17-28-16-11-10-15-26(23(4)24(5)30)27(31)21-25(14-13-18-29)22(3)7-2/h8-11,15,18,25,28H,2,4,6,12-14,16-17,19-21H2,1,3,5H3/b9-8-,11-10-,26-15+. The van der Waals surface area contributed by atoms with Crippen LogP contribution in [0.4, 0.5) is 0 Å². The first-order valence-corrected chi connectivity index (χ1v) is 11.2. The molecule has 1 atom stereocenters. The minimum Gasteiger partial charge on any atom is -0.380 e. The molecule has 0 saturated carbocycles. The predicted molar refractivity (Wildman–Crippen MR) is 132 cm³/mol. The summed E-state index contributed by atoms with van der Waals surface area (Å²) in [6.45, 7) is 15.5. The van der Waals surface area contributed by atoms with E-state index in [0.29, 0.717) is 38.2 Å². The van der Waals surface area contributed by atoms with Crippen LogP contribution in [0.5, 0.6) is 0 Å². The third-order valence-electron chi connectivity index (χ3n) is 4.92. The van der Waals surface area contributed by atoms with Gasteiger partial charge in [0.2, 0.25) is 0 Å². The summed E-state index contributed by atoms with van der Waals surface area (Å²) in [5, 5.41) is 3.24. The first-order chi connectivity index (χ1) is 15.4. The average Bonchev–Trinajstić information content (AvgIpc) is 2.78. The molecule has 0 aromatic rings. The van der Waals surface area contributed by atoms with Gasteiger partial charge >= 0.3 is 0 Å². The van der Waals surface area contributed by atoms with E-state index in [0.717, 1.165) is 31.2 Å². The Morgan fingerprint density at radius 1 is 1.12 bits per heavy atom. The molecule has 0 spiro atoms. The van der Waals surface area contributed by atoms with Crippen molar-refractivity contribution in [3.63, 3.8) is 0 Å². The second-order valence-corrected chi connectivity index (χ2v) is 7.46. The molecule has 0 saturated heterocycles. The van der Waals surface area contributed by atoms with Gasteiger partial charge in [-0.1, -0.05) is 50.5 Å². The summed E-state index contributed by atoms with van der Waals surface area (Å²) in [4.78, 5) is 35.5. The van der Waals surface area contributed by atoms with Crippen molar-refractivity contribution in [3.8, 4) is 0 Å². The third-order valence-corrected chi connectivity index (χ3v) is 4.92. The van der Waals surface area contributed by atoms with Crippen LogP contribution in [0.15, 0.2) is 66.0 Å². The number of nitrogens with one attached hydrogen (secondary N) is 1. The molecule has 176 valence electrons. The van der Waals surface area contributed by atoms with E-state index in [9.17, 15) is 14.4 Å². The fourth-order valence-electron chi connectivity index (χ4n) is 2.87. The maximum atomic E-state index is 12.9. The fourth-order valence-corrected chi connectivity index (χ4v) is 2.87. The van der Waals surface area contributed by atoms with Crippen LogP contribution in [-0.4, -0.2) is 44.2 Å². The molecule has 0 aliphatic carbocycles. The summed E-state index contributed by atoms with van der Waals surface area (Å²) in [5.74, 6) is -0.571. The van der Waals surface area contributed by atoms with Crippen molar-refractivity contribution < 1.29 is 19.1 Å². The molecule has 0 heterocycles. The smallest absolute Gasteiger partial charge is 0.164 e. The lowest BCUT2D eigenvalue weighted by molar-refractivity contribution is -0.118. The van der Waals surface area contributed by atoms with Crippen LogP contribution in [0.3, 0.4) is 0 Å². The molecule has 0 aliphatic rings. The van der Waals surface area contributed by atoms with Crippen LogP contribution in [0.2, 0.25) is 0 Å². The highest BCUT2D eigenvalue weighted by molar-refractivity contribution is 6.11. The molecule has 0 fully saturated rings. The number of carbonyl (C=O) groups is 3. The zero-order valence-electron chi connectivity index (χ0n) is 20.0. The van der Waals surface area contributed by atoms with Gasteiger partial charge in [-0.25, -0.2) is 0 Å². The van der Waals surface area contributed by atoms with E-state index in [1.165, 1.54) is 6.92 Å². The Balaban J connectivity index is 4.80. The number of rotatable bonds is 19. The van der Waals surface area contributed by atoms with E-state index in [2.05, 4.69) is 43.3 Å². The zero-order chi connectivity index (χ0) is 24.2. The Morgan fingerprint density at radius 2 is 1.88 bits per heavy atom. The Kier molecular flexibility index (Phi) is 17.6. The molecule has 1 unspecified atom stereocenters. The maximum Gasteiger partial charge on any atom is 0.164 e. The molecule has 0 aromatic carbocycles. The second kappa shape index (κ2) is 19.1. The summed E-state index contributed by atoms with van der Waals surface area (Å²) in [7, 11) is 0. The first-order valence-electron chi connectivity index (χ1n) is 11.2. The number of carbonyl (C=O) groups excluding carboxylic acids is 3. The minimum atomic E-state index is -0.248. The molecule has 1 N–H and O–H groups in total. The van der Waals surface area contributed by atoms with Gasteiger partial charge in [0, 0.05) is 37.1 Å². The maximum absolute atomic E-state index is 12.9. The lowest BCUT2D eigenvalue weighted by Gasteiger charge is -2.16. The molecule has 0 aliphatic heterocycles. The molecular formula is C27H39NO4. The Labute approximate surface area is 193 Å². The monoisotopic (exact) mass is 441 g/mol. The van der Waals surface area contributed by atoms with Crippen molar-refractivity contribution in [1.82, 2.24) is 5.32 Å². The average molecular weight is 442 g/mol.